The summed E-state index contributed by atoms with van der Waals surface area (Å²) in [5.74, 6) is 0.367. The first kappa shape index (κ1) is 24.5. The smallest absolute Gasteiger partial charge is 0.244 e. The van der Waals surface area contributed by atoms with Crippen LogP contribution in [-0.2, 0) is 14.6 Å². The Labute approximate surface area is 199 Å². The first-order valence-electron chi connectivity index (χ1n) is 10.5. The van der Waals surface area contributed by atoms with Crippen molar-refractivity contribution in [2.45, 2.75) is 23.5 Å². The summed E-state index contributed by atoms with van der Waals surface area (Å²) in [5.41, 5.74) is 1.31. The molecule has 0 aliphatic heterocycles. The van der Waals surface area contributed by atoms with E-state index in [1.54, 1.807) is 24.4 Å². The average Bonchev–Trinajstić information content (AvgIpc) is 2.83. The number of carbonyl (C=O) groups excluding carboxylic acids is 1. The molecule has 0 aliphatic carbocycles. The summed E-state index contributed by atoms with van der Waals surface area (Å²) in [6, 6.07) is 16.7. The van der Waals surface area contributed by atoms with Gasteiger partial charge in [0.25, 0.3) is 0 Å². The Kier molecular flexibility index (Phi) is 8.63. The van der Waals surface area contributed by atoms with Crippen molar-refractivity contribution < 1.29 is 17.9 Å². The van der Waals surface area contributed by atoms with Crippen molar-refractivity contribution in [2.75, 3.05) is 13.2 Å². The average molecular weight is 485 g/mol. The predicted molar refractivity (Wildman–Crippen MR) is 130 cm³/mol. The Balaban J connectivity index is 1.71. The molecule has 0 fully saturated rings. The number of ether oxygens (including phenoxy) is 1. The predicted octanol–water partition coefficient (Wildman–Crippen LogP) is 4.87. The number of rotatable bonds is 10. The number of nitrogens with one attached hydrogen (secondary N) is 1. The zero-order valence-electron chi connectivity index (χ0n) is 18.1. The van der Waals surface area contributed by atoms with E-state index in [0.29, 0.717) is 17.2 Å². The lowest BCUT2D eigenvalue weighted by molar-refractivity contribution is -0.116. The van der Waals surface area contributed by atoms with E-state index in [9.17, 15) is 13.2 Å². The van der Waals surface area contributed by atoms with Crippen molar-refractivity contribution in [3.8, 4) is 5.75 Å². The summed E-state index contributed by atoms with van der Waals surface area (Å²) < 4.78 is 32.1. The Morgan fingerprint density at radius 1 is 1.12 bits per heavy atom. The monoisotopic (exact) mass is 484 g/mol. The van der Waals surface area contributed by atoms with Gasteiger partial charge in [-0.2, -0.15) is 0 Å². The third-order valence-electron chi connectivity index (χ3n) is 4.81. The second kappa shape index (κ2) is 11.6. The van der Waals surface area contributed by atoms with E-state index in [2.05, 4.69) is 10.3 Å². The highest BCUT2D eigenvalue weighted by molar-refractivity contribution is 7.91. The fourth-order valence-electron chi connectivity index (χ4n) is 3.08. The van der Waals surface area contributed by atoms with Crippen LogP contribution in [0.2, 0.25) is 5.02 Å². The molecule has 3 aromatic rings. The number of amides is 1. The van der Waals surface area contributed by atoms with Crippen LogP contribution < -0.4 is 10.1 Å². The molecular weight excluding hydrogens is 460 g/mol. The van der Waals surface area contributed by atoms with Gasteiger partial charge in [-0.3, -0.25) is 9.78 Å². The Hall–Kier alpha value is -3.16. The van der Waals surface area contributed by atoms with Gasteiger partial charge in [-0.15, -0.1) is 0 Å². The SMILES string of the molecule is CCCOc1ccc(/C=C/C(=O)NCC(c2cccnc2)S(=O)(=O)c2ccc(Cl)cc2)cc1. The van der Waals surface area contributed by atoms with E-state index in [4.69, 9.17) is 16.3 Å². The highest BCUT2D eigenvalue weighted by Crippen LogP contribution is 2.29. The van der Waals surface area contributed by atoms with Crippen LogP contribution >= 0.6 is 11.6 Å². The molecule has 0 saturated heterocycles. The quantitative estimate of drug-likeness (QED) is 0.415. The number of hydrogen-bond donors (Lipinski definition) is 1. The van der Waals surface area contributed by atoms with E-state index >= 15 is 0 Å². The molecule has 0 bridgehead atoms. The number of aromatic nitrogens is 1. The van der Waals surface area contributed by atoms with Crippen molar-refractivity contribution in [2.24, 2.45) is 0 Å². The number of carbonyl (C=O) groups is 1. The molecule has 1 N–H and O–H groups in total. The van der Waals surface area contributed by atoms with Crippen LogP contribution in [0.4, 0.5) is 0 Å². The first-order valence-corrected chi connectivity index (χ1v) is 12.4. The van der Waals surface area contributed by atoms with Crippen LogP contribution in [0.3, 0.4) is 0 Å². The summed E-state index contributed by atoms with van der Waals surface area (Å²) in [7, 11) is -3.80. The molecule has 33 heavy (non-hydrogen) atoms. The zero-order chi connectivity index (χ0) is 23.7. The lowest BCUT2D eigenvalue weighted by Gasteiger charge is -2.18. The minimum absolute atomic E-state index is 0.108. The standard InChI is InChI=1S/C25H25ClN2O4S/c1-2-16-32-22-10-5-19(6-11-22)7-14-25(29)28-18-24(20-4-3-15-27-17-20)33(30,31)23-12-8-21(26)9-13-23/h3-15,17,24H,2,16,18H2,1H3,(H,28,29)/b14-7+. The molecular formula is C25H25ClN2O4S. The molecule has 0 radical (unpaired) electrons. The van der Waals surface area contributed by atoms with Crippen LogP contribution in [0.1, 0.15) is 29.7 Å². The van der Waals surface area contributed by atoms with Crippen molar-refractivity contribution in [1.82, 2.24) is 10.3 Å². The fraction of sp³-hybridized carbons (Fsp3) is 0.200. The molecule has 1 atom stereocenters. The Bertz CT molecular complexity index is 1180. The minimum Gasteiger partial charge on any atom is -0.494 e. The van der Waals surface area contributed by atoms with Crippen molar-refractivity contribution in [3.63, 3.8) is 0 Å². The molecule has 1 unspecified atom stereocenters. The second-order valence-electron chi connectivity index (χ2n) is 7.27. The third kappa shape index (κ3) is 6.91. The van der Waals surface area contributed by atoms with Gasteiger partial charge in [0.1, 0.15) is 11.0 Å². The van der Waals surface area contributed by atoms with Gasteiger partial charge in [-0.05, 0) is 66.1 Å². The molecule has 1 heterocycles. The van der Waals surface area contributed by atoms with Gasteiger partial charge in [0.15, 0.2) is 9.84 Å². The fourth-order valence-corrected chi connectivity index (χ4v) is 4.85. The van der Waals surface area contributed by atoms with Gasteiger partial charge >= 0.3 is 0 Å². The van der Waals surface area contributed by atoms with E-state index < -0.39 is 21.0 Å². The number of nitrogens with zero attached hydrogens (tertiary/aromatic N) is 1. The Morgan fingerprint density at radius 2 is 1.85 bits per heavy atom. The van der Waals surface area contributed by atoms with Crippen LogP contribution in [0.5, 0.6) is 5.75 Å². The molecule has 3 rings (SSSR count). The normalized spacial score (nSPS) is 12.4. The maximum atomic E-state index is 13.3. The van der Waals surface area contributed by atoms with Crippen LogP contribution in [0, 0.1) is 0 Å². The van der Waals surface area contributed by atoms with Gasteiger partial charge < -0.3 is 10.1 Å². The van der Waals surface area contributed by atoms with Crippen molar-refractivity contribution >= 4 is 33.4 Å². The van der Waals surface area contributed by atoms with Gasteiger partial charge in [-0.25, -0.2) is 8.42 Å². The number of benzene rings is 2. The van der Waals surface area contributed by atoms with Gasteiger partial charge in [0, 0.05) is 30.0 Å². The lowest BCUT2D eigenvalue weighted by atomic mass is 10.2. The van der Waals surface area contributed by atoms with E-state index in [-0.39, 0.29) is 11.4 Å². The van der Waals surface area contributed by atoms with Gasteiger partial charge in [-0.1, -0.05) is 36.7 Å². The summed E-state index contributed by atoms with van der Waals surface area (Å²) in [4.78, 5) is 16.6. The Morgan fingerprint density at radius 3 is 2.48 bits per heavy atom. The van der Waals surface area contributed by atoms with E-state index in [1.807, 2.05) is 31.2 Å². The maximum Gasteiger partial charge on any atom is 0.244 e. The molecule has 6 nitrogen and oxygen atoms in total. The summed E-state index contributed by atoms with van der Waals surface area (Å²) >= 11 is 5.90. The van der Waals surface area contributed by atoms with Crippen LogP contribution in [0.15, 0.2) is 84.0 Å². The van der Waals surface area contributed by atoms with E-state index in [0.717, 1.165) is 17.7 Å². The van der Waals surface area contributed by atoms with Crippen LogP contribution in [0.25, 0.3) is 6.08 Å². The molecule has 8 heteroatoms. The van der Waals surface area contributed by atoms with Crippen molar-refractivity contribution in [3.05, 3.63) is 95.3 Å². The first-order chi connectivity index (χ1) is 15.9. The molecule has 1 amide bonds. The molecule has 0 saturated carbocycles. The van der Waals surface area contributed by atoms with Crippen LogP contribution in [-0.4, -0.2) is 32.5 Å². The zero-order valence-corrected chi connectivity index (χ0v) is 19.7. The lowest BCUT2D eigenvalue weighted by Crippen LogP contribution is -2.31. The molecule has 0 spiro atoms. The molecule has 1 aromatic heterocycles. The topological polar surface area (TPSA) is 85.4 Å². The minimum atomic E-state index is -3.80. The summed E-state index contributed by atoms with van der Waals surface area (Å²) in [6.07, 6.45) is 7.01. The molecule has 172 valence electrons. The highest BCUT2D eigenvalue weighted by Gasteiger charge is 2.29. The van der Waals surface area contributed by atoms with Gasteiger partial charge in [0.05, 0.1) is 11.5 Å². The second-order valence-corrected chi connectivity index (χ2v) is 9.84. The van der Waals surface area contributed by atoms with Crippen molar-refractivity contribution in [1.29, 1.82) is 0 Å². The number of halogens is 1. The third-order valence-corrected chi connectivity index (χ3v) is 7.18. The summed E-state index contributed by atoms with van der Waals surface area (Å²) in [5, 5.41) is 2.13. The van der Waals surface area contributed by atoms with Gasteiger partial charge in [0.2, 0.25) is 5.91 Å². The number of hydrogen-bond acceptors (Lipinski definition) is 5. The van der Waals surface area contributed by atoms with E-state index in [1.165, 1.54) is 36.5 Å². The largest absolute Gasteiger partial charge is 0.494 e. The molecule has 2 aromatic carbocycles. The highest BCUT2D eigenvalue weighted by atomic mass is 35.5. The number of pyridine rings is 1. The molecule has 0 aliphatic rings. The maximum absolute atomic E-state index is 13.3. The summed E-state index contributed by atoms with van der Waals surface area (Å²) in [6.45, 7) is 2.58. The number of sulfone groups is 1.